The molecule has 1 atom stereocenters. The maximum Gasteiger partial charge on any atom is 0.252 e. The number of aromatic nitrogens is 3. The van der Waals surface area contributed by atoms with Gasteiger partial charge < -0.3 is 21.5 Å². The topological polar surface area (TPSA) is 126 Å². The number of nitrogens with zero attached hydrogens (tertiary/aromatic N) is 3. The third kappa shape index (κ3) is 6.19. The van der Waals surface area contributed by atoms with Gasteiger partial charge in [0.2, 0.25) is 0 Å². The highest BCUT2D eigenvalue weighted by atomic mass is 32.2. The molecule has 0 aliphatic heterocycles. The molecule has 10 heteroatoms. The number of aliphatic hydroxyl groups is 1. The number of anilines is 3. The first kappa shape index (κ1) is 29.0. The average Bonchev–Trinajstić information content (AvgIpc) is 2.99. The lowest BCUT2D eigenvalue weighted by Gasteiger charge is -2.29. The Morgan fingerprint density at radius 1 is 1.05 bits per heavy atom. The van der Waals surface area contributed by atoms with Crippen LogP contribution < -0.4 is 16.4 Å². The number of halogens is 1. The number of benzene rings is 3. The predicted molar refractivity (Wildman–Crippen MR) is 164 cm³/mol. The van der Waals surface area contributed by atoms with Gasteiger partial charge in [0, 0.05) is 21.0 Å². The van der Waals surface area contributed by atoms with Crippen molar-refractivity contribution in [3.05, 3.63) is 108 Å². The number of carbonyl (C=O) groups excluding carboxylic acids is 1. The maximum absolute atomic E-state index is 15.0. The number of carbonyl (C=O) groups is 1. The number of aliphatic hydroxyl groups excluding tert-OH is 1. The molecule has 5 rings (SSSR count). The van der Waals surface area contributed by atoms with Crippen molar-refractivity contribution in [2.24, 2.45) is 0 Å². The molecule has 1 unspecified atom stereocenters. The van der Waals surface area contributed by atoms with Crippen LogP contribution in [0.15, 0.2) is 95.0 Å². The zero-order valence-corrected chi connectivity index (χ0v) is 24.2. The van der Waals surface area contributed by atoms with Crippen molar-refractivity contribution in [2.75, 3.05) is 17.7 Å². The molecule has 0 saturated carbocycles. The third-order valence-corrected chi connectivity index (χ3v) is 7.95. The standard InChI is InChI=1S/C32H31FN6O2S/c1-19(2)28-25(33)16-24-29(35-18-36-30(24)38-28)37-26-15-20(9-14-27(26)42-23-12-10-22(34)11-13-23)31(41)39-32(3,17-40)21-7-5-4-6-8-21/h4-16,18-19,40H,17,34H2,1-3H3,(H,39,41)(H,35,36,37,38). The van der Waals surface area contributed by atoms with Crippen LogP contribution in [0.4, 0.5) is 21.6 Å². The normalized spacial score (nSPS) is 12.7. The Bertz CT molecular complexity index is 1730. The number of hydrogen-bond acceptors (Lipinski definition) is 8. The molecular weight excluding hydrogens is 551 g/mol. The van der Waals surface area contributed by atoms with E-state index in [0.29, 0.717) is 39.5 Å². The molecule has 1 amide bonds. The first-order valence-corrected chi connectivity index (χ1v) is 14.2. The molecule has 5 aromatic rings. The van der Waals surface area contributed by atoms with Gasteiger partial charge in [-0.1, -0.05) is 55.9 Å². The van der Waals surface area contributed by atoms with Crippen molar-refractivity contribution in [3.63, 3.8) is 0 Å². The highest BCUT2D eigenvalue weighted by Crippen LogP contribution is 2.37. The first-order chi connectivity index (χ1) is 20.2. The van der Waals surface area contributed by atoms with E-state index in [1.807, 2.05) is 74.5 Å². The van der Waals surface area contributed by atoms with Crippen LogP contribution in [-0.4, -0.2) is 32.6 Å². The number of rotatable bonds is 9. The SMILES string of the molecule is CC(C)c1nc2ncnc(Nc3cc(C(=O)NC(C)(CO)c4ccccc4)ccc3Sc3ccc(N)cc3)c2cc1F. The van der Waals surface area contributed by atoms with E-state index in [0.717, 1.165) is 15.4 Å². The predicted octanol–water partition coefficient (Wildman–Crippen LogP) is 6.40. The number of nitrogen functional groups attached to an aromatic ring is 1. The summed E-state index contributed by atoms with van der Waals surface area (Å²) in [6.07, 6.45) is 1.37. The number of pyridine rings is 1. The van der Waals surface area contributed by atoms with Crippen molar-refractivity contribution < 1.29 is 14.3 Å². The quantitative estimate of drug-likeness (QED) is 0.147. The van der Waals surface area contributed by atoms with Gasteiger partial charge in [0.1, 0.15) is 18.0 Å². The lowest BCUT2D eigenvalue weighted by molar-refractivity contribution is 0.0849. The second-order valence-corrected chi connectivity index (χ2v) is 11.5. The molecule has 0 spiro atoms. The molecule has 0 aliphatic rings. The summed E-state index contributed by atoms with van der Waals surface area (Å²) in [6, 6.07) is 23.4. The summed E-state index contributed by atoms with van der Waals surface area (Å²) >= 11 is 1.47. The number of nitrogens with one attached hydrogen (secondary N) is 2. The summed E-state index contributed by atoms with van der Waals surface area (Å²) in [6.45, 7) is 5.22. The van der Waals surface area contributed by atoms with Crippen LogP contribution in [-0.2, 0) is 5.54 Å². The fourth-order valence-corrected chi connectivity index (χ4v) is 5.34. The fourth-order valence-electron chi connectivity index (χ4n) is 4.46. The Morgan fingerprint density at radius 3 is 2.48 bits per heavy atom. The summed E-state index contributed by atoms with van der Waals surface area (Å²) in [7, 11) is 0. The van der Waals surface area contributed by atoms with Gasteiger partial charge in [0.15, 0.2) is 5.65 Å². The van der Waals surface area contributed by atoms with E-state index in [1.54, 1.807) is 19.1 Å². The van der Waals surface area contributed by atoms with Crippen molar-refractivity contribution in [3.8, 4) is 0 Å². The van der Waals surface area contributed by atoms with Gasteiger partial charge in [-0.05, 0) is 66.9 Å². The van der Waals surface area contributed by atoms with Crippen molar-refractivity contribution >= 4 is 45.9 Å². The number of fused-ring (bicyclic) bond motifs is 1. The maximum atomic E-state index is 15.0. The summed E-state index contributed by atoms with van der Waals surface area (Å²) in [5.74, 6) is -0.573. The Kier molecular flexibility index (Phi) is 8.37. The van der Waals surface area contributed by atoms with E-state index in [1.165, 1.54) is 24.2 Å². The summed E-state index contributed by atoms with van der Waals surface area (Å²) in [4.78, 5) is 28.3. The van der Waals surface area contributed by atoms with Crippen molar-refractivity contribution in [1.29, 1.82) is 0 Å². The highest BCUT2D eigenvalue weighted by molar-refractivity contribution is 7.99. The van der Waals surface area contributed by atoms with E-state index in [-0.39, 0.29) is 18.4 Å². The van der Waals surface area contributed by atoms with Crippen LogP contribution in [0.1, 0.15) is 48.3 Å². The molecule has 2 heterocycles. The molecule has 42 heavy (non-hydrogen) atoms. The minimum absolute atomic E-state index is 0.112. The second-order valence-electron chi connectivity index (χ2n) is 10.4. The molecule has 8 nitrogen and oxygen atoms in total. The van der Waals surface area contributed by atoms with Crippen LogP contribution in [0.3, 0.4) is 0 Å². The van der Waals surface area contributed by atoms with E-state index in [4.69, 9.17) is 5.73 Å². The van der Waals surface area contributed by atoms with Gasteiger partial charge in [-0.2, -0.15) is 0 Å². The van der Waals surface area contributed by atoms with Crippen LogP contribution in [0, 0.1) is 5.82 Å². The molecule has 0 saturated heterocycles. The van der Waals surface area contributed by atoms with Gasteiger partial charge in [-0.3, -0.25) is 4.79 Å². The van der Waals surface area contributed by atoms with Crippen molar-refractivity contribution in [2.45, 2.75) is 42.0 Å². The van der Waals surface area contributed by atoms with Crippen LogP contribution in [0.25, 0.3) is 11.0 Å². The third-order valence-electron chi connectivity index (χ3n) is 6.87. The molecule has 0 fully saturated rings. The molecule has 0 bridgehead atoms. The minimum Gasteiger partial charge on any atom is -0.399 e. The summed E-state index contributed by atoms with van der Waals surface area (Å²) in [5, 5.41) is 16.9. The lowest BCUT2D eigenvalue weighted by atomic mass is 9.92. The number of nitrogens with two attached hydrogens (primary N) is 1. The fraction of sp³-hybridized carbons (Fsp3) is 0.188. The van der Waals surface area contributed by atoms with E-state index < -0.39 is 11.4 Å². The van der Waals surface area contributed by atoms with Gasteiger partial charge in [-0.25, -0.2) is 19.3 Å². The first-order valence-electron chi connectivity index (χ1n) is 13.4. The Morgan fingerprint density at radius 2 is 1.79 bits per heavy atom. The minimum atomic E-state index is -0.997. The zero-order valence-electron chi connectivity index (χ0n) is 23.4. The summed E-state index contributed by atoms with van der Waals surface area (Å²) in [5.41, 5.74) is 7.92. The van der Waals surface area contributed by atoms with Gasteiger partial charge in [-0.15, -0.1) is 0 Å². The molecule has 3 aromatic carbocycles. The van der Waals surface area contributed by atoms with Crippen molar-refractivity contribution in [1.82, 2.24) is 20.3 Å². The number of hydrogen-bond donors (Lipinski definition) is 4. The van der Waals surface area contributed by atoms with Crippen LogP contribution in [0.5, 0.6) is 0 Å². The summed E-state index contributed by atoms with van der Waals surface area (Å²) < 4.78 is 15.0. The monoisotopic (exact) mass is 582 g/mol. The Balaban J connectivity index is 1.54. The average molecular weight is 583 g/mol. The van der Waals surface area contributed by atoms with Crippen LogP contribution in [0.2, 0.25) is 0 Å². The van der Waals surface area contributed by atoms with Gasteiger partial charge in [0.25, 0.3) is 5.91 Å². The highest BCUT2D eigenvalue weighted by Gasteiger charge is 2.28. The molecule has 5 N–H and O–H groups in total. The Labute approximate surface area is 247 Å². The van der Waals surface area contributed by atoms with E-state index in [2.05, 4.69) is 25.6 Å². The van der Waals surface area contributed by atoms with Gasteiger partial charge >= 0.3 is 0 Å². The van der Waals surface area contributed by atoms with E-state index >= 15 is 0 Å². The largest absolute Gasteiger partial charge is 0.399 e. The Hall–Kier alpha value is -4.54. The number of amides is 1. The zero-order chi connectivity index (χ0) is 29.9. The molecular formula is C32H31FN6O2S. The lowest BCUT2D eigenvalue weighted by Crippen LogP contribution is -2.46. The van der Waals surface area contributed by atoms with Gasteiger partial charge in [0.05, 0.1) is 28.9 Å². The molecule has 214 valence electrons. The van der Waals surface area contributed by atoms with Crippen LogP contribution >= 0.6 is 11.8 Å². The molecule has 0 radical (unpaired) electrons. The van der Waals surface area contributed by atoms with E-state index in [9.17, 15) is 14.3 Å². The molecule has 2 aromatic heterocycles. The smallest absolute Gasteiger partial charge is 0.252 e. The second kappa shape index (κ2) is 12.1. The molecule has 0 aliphatic carbocycles.